The van der Waals surface area contributed by atoms with Crippen LogP contribution in [0.25, 0.3) is 11.2 Å². The van der Waals surface area contributed by atoms with Gasteiger partial charge in [-0.05, 0) is 26.2 Å². The van der Waals surface area contributed by atoms with Gasteiger partial charge in [0.1, 0.15) is 5.52 Å². The molecule has 0 aliphatic carbocycles. The lowest BCUT2D eigenvalue weighted by Gasteiger charge is -2.08. The molecule has 7 heteroatoms. The molecule has 0 amide bonds. The van der Waals surface area contributed by atoms with E-state index in [1.54, 1.807) is 14.0 Å². The topological polar surface area (TPSA) is 92.9 Å². The fourth-order valence-corrected chi connectivity index (χ4v) is 2.10. The van der Waals surface area contributed by atoms with Crippen molar-refractivity contribution in [3.8, 4) is 0 Å². The number of fused-ring (bicyclic) bond motifs is 1. The van der Waals surface area contributed by atoms with Crippen molar-refractivity contribution in [3.63, 3.8) is 0 Å². The monoisotopic (exact) mass is 266 g/mol. The number of aliphatic hydroxyl groups is 1. The van der Waals surface area contributed by atoms with Gasteiger partial charge in [-0.3, -0.25) is 13.9 Å². The largest absolute Gasteiger partial charge is 0.393 e. The van der Waals surface area contributed by atoms with Crippen LogP contribution in [0.3, 0.4) is 0 Å². The predicted octanol–water partition coefficient (Wildman–Crippen LogP) is -0.0256. The second-order valence-corrected chi connectivity index (χ2v) is 4.74. The number of aromatic nitrogens is 4. The molecule has 0 unspecified atom stereocenters. The maximum Gasteiger partial charge on any atom is 0.332 e. The van der Waals surface area contributed by atoms with E-state index in [2.05, 4.69) is 9.97 Å². The van der Waals surface area contributed by atoms with Crippen LogP contribution in [0.4, 0.5) is 0 Å². The first-order chi connectivity index (χ1) is 9.02. The van der Waals surface area contributed by atoms with Crippen LogP contribution >= 0.6 is 0 Å². The molecule has 0 spiro atoms. The molecule has 0 aromatic carbocycles. The van der Waals surface area contributed by atoms with Crippen LogP contribution in [-0.2, 0) is 13.6 Å². The molecule has 0 aliphatic rings. The van der Waals surface area contributed by atoms with E-state index >= 15 is 0 Å². The van der Waals surface area contributed by atoms with E-state index in [1.165, 1.54) is 15.5 Å². The second-order valence-electron chi connectivity index (χ2n) is 4.74. The van der Waals surface area contributed by atoms with Gasteiger partial charge in [0.25, 0.3) is 5.56 Å². The minimum Gasteiger partial charge on any atom is -0.393 e. The van der Waals surface area contributed by atoms with Crippen molar-refractivity contribution in [3.05, 3.63) is 27.2 Å². The molecule has 2 aromatic heterocycles. The first-order valence-corrected chi connectivity index (χ1v) is 6.33. The second kappa shape index (κ2) is 5.40. The number of hydrogen-bond acceptors (Lipinski definition) is 4. The SMILES string of the molecule is C[C@@H](O)CCCCn1c(=O)c2[nH]cnc2n(C)c1=O. The zero-order valence-corrected chi connectivity index (χ0v) is 11.1. The number of aromatic amines is 1. The van der Waals surface area contributed by atoms with E-state index in [4.69, 9.17) is 5.11 Å². The molecule has 0 saturated heterocycles. The molecule has 2 aromatic rings. The van der Waals surface area contributed by atoms with Crippen LogP contribution < -0.4 is 11.2 Å². The van der Waals surface area contributed by atoms with Gasteiger partial charge in [-0.2, -0.15) is 0 Å². The average Bonchev–Trinajstić information content (AvgIpc) is 2.84. The van der Waals surface area contributed by atoms with E-state index in [9.17, 15) is 9.59 Å². The van der Waals surface area contributed by atoms with Gasteiger partial charge >= 0.3 is 5.69 Å². The molecule has 0 aliphatic heterocycles. The van der Waals surface area contributed by atoms with E-state index in [1.807, 2.05) is 0 Å². The van der Waals surface area contributed by atoms with Crippen LogP contribution in [0.2, 0.25) is 0 Å². The van der Waals surface area contributed by atoms with Gasteiger partial charge in [0.15, 0.2) is 5.65 Å². The van der Waals surface area contributed by atoms with Crippen molar-refractivity contribution in [1.82, 2.24) is 19.1 Å². The molecular formula is C12H18N4O3. The number of unbranched alkanes of at least 4 members (excludes halogenated alkanes) is 1. The highest BCUT2D eigenvalue weighted by molar-refractivity contribution is 5.68. The zero-order valence-electron chi connectivity index (χ0n) is 11.1. The normalized spacial score (nSPS) is 13.0. The van der Waals surface area contributed by atoms with Crippen molar-refractivity contribution in [1.29, 1.82) is 0 Å². The molecule has 2 N–H and O–H groups in total. The molecule has 1 atom stereocenters. The predicted molar refractivity (Wildman–Crippen MR) is 71.1 cm³/mol. The summed E-state index contributed by atoms with van der Waals surface area (Å²) in [5.41, 5.74) is 0.0159. The van der Waals surface area contributed by atoms with Gasteiger partial charge in [0.05, 0.1) is 12.4 Å². The van der Waals surface area contributed by atoms with Crippen molar-refractivity contribution in [2.24, 2.45) is 7.05 Å². The highest BCUT2D eigenvalue weighted by Gasteiger charge is 2.12. The van der Waals surface area contributed by atoms with Crippen molar-refractivity contribution < 1.29 is 5.11 Å². The van der Waals surface area contributed by atoms with Gasteiger partial charge in [-0.25, -0.2) is 9.78 Å². The van der Waals surface area contributed by atoms with Gasteiger partial charge in [-0.15, -0.1) is 0 Å². The molecule has 104 valence electrons. The number of aryl methyl sites for hydroxylation is 1. The van der Waals surface area contributed by atoms with Gasteiger partial charge in [-0.1, -0.05) is 0 Å². The van der Waals surface area contributed by atoms with Gasteiger partial charge in [0.2, 0.25) is 0 Å². The third kappa shape index (κ3) is 2.60. The molecule has 0 fully saturated rings. The molecule has 2 heterocycles. The summed E-state index contributed by atoms with van der Waals surface area (Å²) in [6.45, 7) is 2.08. The minimum atomic E-state index is -0.360. The summed E-state index contributed by atoms with van der Waals surface area (Å²) in [4.78, 5) is 30.9. The number of imidazole rings is 1. The third-order valence-electron chi connectivity index (χ3n) is 3.17. The Bertz CT molecular complexity index is 680. The van der Waals surface area contributed by atoms with E-state index in [0.29, 0.717) is 30.6 Å². The molecule has 0 bridgehead atoms. The van der Waals surface area contributed by atoms with Crippen LogP contribution in [0.15, 0.2) is 15.9 Å². The highest BCUT2D eigenvalue weighted by Crippen LogP contribution is 2.02. The maximum absolute atomic E-state index is 12.1. The Morgan fingerprint density at radius 1 is 1.42 bits per heavy atom. The molecular weight excluding hydrogens is 248 g/mol. The summed E-state index contributed by atoms with van der Waals surface area (Å²) in [5.74, 6) is 0. The lowest BCUT2D eigenvalue weighted by atomic mass is 10.2. The number of aliphatic hydroxyl groups excluding tert-OH is 1. The van der Waals surface area contributed by atoms with Gasteiger partial charge < -0.3 is 10.1 Å². The first kappa shape index (κ1) is 13.5. The quantitative estimate of drug-likeness (QED) is 0.743. The molecule has 19 heavy (non-hydrogen) atoms. The molecule has 2 rings (SSSR count). The highest BCUT2D eigenvalue weighted by atomic mass is 16.3. The van der Waals surface area contributed by atoms with Crippen molar-refractivity contribution >= 4 is 11.2 Å². The smallest absolute Gasteiger partial charge is 0.332 e. The fourth-order valence-electron chi connectivity index (χ4n) is 2.10. The Morgan fingerprint density at radius 2 is 2.16 bits per heavy atom. The minimum absolute atomic E-state index is 0.340. The lowest BCUT2D eigenvalue weighted by molar-refractivity contribution is 0.180. The van der Waals surface area contributed by atoms with E-state index < -0.39 is 0 Å². The fraction of sp³-hybridized carbons (Fsp3) is 0.583. The Balaban J connectivity index is 2.28. The Kier molecular flexibility index (Phi) is 3.84. The average molecular weight is 266 g/mol. The van der Waals surface area contributed by atoms with E-state index in [-0.39, 0.29) is 17.4 Å². The first-order valence-electron chi connectivity index (χ1n) is 6.33. The Labute approximate surface area is 109 Å². The molecule has 0 radical (unpaired) electrons. The molecule has 0 saturated carbocycles. The van der Waals surface area contributed by atoms with Crippen LogP contribution in [0.1, 0.15) is 26.2 Å². The Morgan fingerprint density at radius 3 is 2.84 bits per heavy atom. The number of nitrogens with zero attached hydrogens (tertiary/aromatic N) is 3. The molecule has 7 nitrogen and oxygen atoms in total. The maximum atomic E-state index is 12.1. The number of rotatable bonds is 5. The van der Waals surface area contributed by atoms with Crippen molar-refractivity contribution in [2.45, 2.75) is 38.8 Å². The lowest BCUT2D eigenvalue weighted by Crippen LogP contribution is -2.39. The Hall–Kier alpha value is -1.89. The zero-order chi connectivity index (χ0) is 14.0. The summed E-state index contributed by atoms with van der Waals surface area (Å²) in [5, 5.41) is 9.17. The van der Waals surface area contributed by atoms with Gasteiger partial charge in [0, 0.05) is 13.6 Å². The summed E-state index contributed by atoms with van der Waals surface area (Å²) in [7, 11) is 1.59. The van der Waals surface area contributed by atoms with E-state index in [0.717, 1.165) is 6.42 Å². The summed E-state index contributed by atoms with van der Waals surface area (Å²) in [6.07, 6.45) is 3.17. The summed E-state index contributed by atoms with van der Waals surface area (Å²) < 4.78 is 2.57. The van der Waals surface area contributed by atoms with Crippen LogP contribution in [0.5, 0.6) is 0 Å². The third-order valence-corrected chi connectivity index (χ3v) is 3.17. The summed E-state index contributed by atoms with van der Waals surface area (Å²) >= 11 is 0. The standard InChI is InChI=1S/C12H18N4O3/c1-8(17)5-3-4-6-16-11(18)9-10(14-7-13-9)15(2)12(16)19/h7-8,17H,3-6H2,1-2H3,(H,13,14)/t8-/m1/s1. The van der Waals surface area contributed by atoms with Crippen LogP contribution in [-0.4, -0.2) is 30.3 Å². The van der Waals surface area contributed by atoms with Crippen molar-refractivity contribution in [2.75, 3.05) is 0 Å². The van der Waals surface area contributed by atoms with Crippen LogP contribution in [0, 0.1) is 0 Å². The number of nitrogens with one attached hydrogen (secondary N) is 1. The number of H-pyrrole nitrogens is 1. The number of hydrogen-bond donors (Lipinski definition) is 2. The summed E-state index contributed by atoms with van der Waals surface area (Å²) in [6, 6.07) is 0.